The molecule has 0 atom stereocenters. The van der Waals surface area contributed by atoms with E-state index in [1.807, 2.05) is 54.6 Å². The van der Waals surface area contributed by atoms with Gasteiger partial charge in [0.05, 0.1) is 0 Å². The summed E-state index contributed by atoms with van der Waals surface area (Å²) < 4.78 is 5.68. The van der Waals surface area contributed by atoms with Crippen molar-refractivity contribution < 1.29 is 4.74 Å². The standard InChI is InChI=1S/C14H13ClO/c15-11-10-12-6-8-14(9-7-12)16-13-4-2-1-3-5-13/h1-9H,10-11H2. The van der Waals surface area contributed by atoms with E-state index >= 15 is 0 Å². The van der Waals surface area contributed by atoms with Crippen LogP contribution in [0.25, 0.3) is 0 Å². The van der Waals surface area contributed by atoms with Crippen molar-refractivity contribution in [3.05, 3.63) is 60.2 Å². The molecule has 0 aliphatic heterocycles. The fourth-order valence-electron chi connectivity index (χ4n) is 1.46. The molecule has 0 saturated carbocycles. The van der Waals surface area contributed by atoms with Gasteiger partial charge in [0.25, 0.3) is 0 Å². The summed E-state index contributed by atoms with van der Waals surface area (Å²) in [5.41, 5.74) is 1.23. The number of rotatable bonds is 4. The topological polar surface area (TPSA) is 9.23 Å². The van der Waals surface area contributed by atoms with E-state index in [0.29, 0.717) is 5.88 Å². The molecule has 0 N–H and O–H groups in total. The highest BCUT2D eigenvalue weighted by molar-refractivity contribution is 6.17. The van der Waals surface area contributed by atoms with Gasteiger partial charge in [-0.3, -0.25) is 0 Å². The molecule has 2 aromatic carbocycles. The molecule has 1 nitrogen and oxygen atoms in total. The van der Waals surface area contributed by atoms with Crippen molar-refractivity contribution in [1.82, 2.24) is 0 Å². The van der Waals surface area contributed by atoms with Crippen molar-refractivity contribution in [2.45, 2.75) is 6.42 Å². The number of ether oxygens (including phenoxy) is 1. The van der Waals surface area contributed by atoms with Crippen LogP contribution in [0.4, 0.5) is 0 Å². The molecule has 2 heteroatoms. The molecule has 0 aliphatic rings. The third-order valence-corrected chi connectivity index (χ3v) is 2.47. The van der Waals surface area contributed by atoms with Crippen molar-refractivity contribution >= 4 is 11.6 Å². The minimum atomic E-state index is 0.652. The van der Waals surface area contributed by atoms with Gasteiger partial charge in [-0.15, -0.1) is 11.6 Å². The zero-order valence-electron chi connectivity index (χ0n) is 8.90. The lowest BCUT2D eigenvalue weighted by Gasteiger charge is -2.05. The van der Waals surface area contributed by atoms with Crippen LogP contribution in [0.3, 0.4) is 0 Å². The van der Waals surface area contributed by atoms with Crippen LogP contribution in [0, 0.1) is 0 Å². The third-order valence-electron chi connectivity index (χ3n) is 2.29. The van der Waals surface area contributed by atoms with Crippen molar-refractivity contribution in [2.24, 2.45) is 0 Å². The number of hydrogen-bond donors (Lipinski definition) is 0. The van der Waals surface area contributed by atoms with Gasteiger partial charge in [0.1, 0.15) is 11.5 Å². The van der Waals surface area contributed by atoms with Gasteiger partial charge in [0.15, 0.2) is 0 Å². The zero-order valence-corrected chi connectivity index (χ0v) is 9.65. The first-order chi connectivity index (χ1) is 7.88. The van der Waals surface area contributed by atoms with E-state index in [1.54, 1.807) is 0 Å². The molecule has 0 unspecified atom stereocenters. The molecular weight excluding hydrogens is 220 g/mol. The Morgan fingerprint density at radius 2 is 1.44 bits per heavy atom. The maximum atomic E-state index is 5.68. The number of halogens is 1. The molecule has 82 valence electrons. The number of para-hydroxylation sites is 1. The number of hydrogen-bond acceptors (Lipinski definition) is 1. The summed E-state index contributed by atoms with van der Waals surface area (Å²) in [4.78, 5) is 0. The molecule has 0 aromatic heterocycles. The predicted octanol–water partition coefficient (Wildman–Crippen LogP) is 4.26. The third kappa shape index (κ3) is 3.01. The first kappa shape index (κ1) is 11.0. The molecule has 0 saturated heterocycles. The average Bonchev–Trinajstić information content (AvgIpc) is 2.33. The van der Waals surface area contributed by atoms with Gasteiger partial charge in [-0.05, 0) is 36.2 Å². The highest BCUT2D eigenvalue weighted by Crippen LogP contribution is 2.21. The minimum absolute atomic E-state index is 0.652. The van der Waals surface area contributed by atoms with Crippen LogP contribution in [0.2, 0.25) is 0 Å². The van der Waals surface area contributed by atoms with Crippen LogP contribution in [0.5, 0.6) is 11.5 Å². The second kappa shape index (κ2) is 5.57. The Hall–Kier alpha value is -1.47. The van der Waals surface area contributed by atoms with Gasteiger partial charge in [0.2, 0.25) is 0 Å². The zero-order chi connectivity index (χ0) is 11.2. The summed E-state index contributed by atoms with van der Waals surface area (Å²) in [6, 6.07) is 17.8. The Morgan fingerprint density at radius 1 is 0.812 bits per heavy atom. The lowest BCUT2D eigenvalue weighted by Crippen LogP contribution is -1.87. The monoisotopic (exact) mass is 232 g/mol. The first-order valence-electron chi connectivity index (χ1n) is 5.26. The van der Waals surface area contributed by atoms with Crippen LogP contribution in [0.15, 0.2) is 54.6 Å². The lowest BCUT2D eigenvalue weighted by atomic mass is 10.2. The molecule has 0 amide bonds. The van der Waals surface area contributed by atoms with Gasteiger partial charge in [-0.25, -0.2) is 0 Å². The number of aryl methyl sites for hydroxylation is 1. The van der Waals surface area contributed by atoms with Gasteiger partial charge < -0.3 is 4.74 Å². The van der Waals surface area contributed by atoms with E-state index in [1.165, 1.54) is 5.56 Å². The molecule has 0 spiro atoms. The molecule has 0 fully saturated rings. The predicted molar refractivity (Wildman–Crippen MR) is 67.4 cm³/mol. The Balaban J connectivity index is 2.05. The Kier molecular flexibility index (Phi) is 3.84. The Morgan fingerprint density at radius 3 is 2.06 bits per heavy atom. The van der Waals surface area contributed by atoms with Crippen LogP contribution >= 0.6 is 11.6 Å². The van der Waals surface area contributed by atoms with Crippen molar-refractivity contribution in [3.63, 3.8) is 0 Å². The molecule has 16 heavy (non-hydrogen) atoms. The fourth-order valence-corrected chi connectivity index (χ4v) is 1.68. The summed E-state index contributed by atoms with van der Waals surface area (Å²) in [5.74, 6) is 2.36. The van der Waals surface area contributed by atoms with Gasteiger partial charge >= 0.3 is 0 Å². The van der Waals surface area contributed by atoms with E-state index in [9.17, 15) is 0 Å². The van der Waals surface area contributed by atoms with Crippen LogP contribution in [0.1, 0.15) is 5.56 Å². The molecule has 2 aromatic rings. The number of alkyl halides is 1. The largest absolute Gasteiger partial charge is 0.457 e. The van der Waals surface area contributed by atoms with E-state index in [2.05, 4.69) is 0 Å². The maximum absolute atomic E-state index is 5.68. The van der Waals surface area contributed by atoms with E-state index in [-0.39, 0.29) is 0 Å². The lowest BCUT2D eigenvalue weighted by molar-refractivity contribution is 0.482. The quantitative estimate of drug-likeness (QED) is 0.716. The summed E-state index contributed by atoms with van der Waals surface area (Å²) >= 11 is 5.67. The van der Waals surface area contributed by atoms with E-state index in [0.717, 1.165) is 17.9 Å². The van der Waals surface area contributed by atoms with Crippen molar-refractivity contribution in [3.8, 4) is 11.5 Å². The van der Waals surface area contributed by atoms with Gasteiger partial charge in [-0.2, -0.15) is 0 Å². The second-order valence-electron chi connectivity index (χ2n) is 3.50. The summed E-state index contributed by atoms with van der Waals surface area (Å²) in [6.45, 7) is 0. The number of benzene rings is 2. The molecule has 0 heterocycles. The van der Waals surface area contributed by atoms with E-state index < -0.39 is 0 Å². The van der Waals surface area contributed by atoms with Crippen molar-refractivity contribution in [2.75, 3.05) is 5.88 Å². The fraction of sp³-hybridized carbons (Fsp3) is 0.143. The normalized spacial score (nSPS) is 10.1. The molecule has 0 bridgehead atoms. The highest BCUT2D eigenvalue weighted by Gasteiger charge is 1.96. The molecule has 0 aliphatic carbocycles. The van der Waals surface area contributed by atoms with Gasteiger partial charge in [0, 0.05) is 5.88 Å². The minimum Gasteiger partial charge on any atom is -0.457 e. The Bertz CT molecular complexity index is 422. The SMILES string of the molecule is ClCCc1ccc(Oc2ccccc2)cc1. The van der Waals surface area contributed by atoms with Crippen LogP contribution in [-0.4, -0.2) is 5.88 Å². The van der Waals surface area contributed by atoms with E-state index in [4.69, 9.17) is 16.3 Å². The second-order valence-corrected chi connectivity index (χ2v) is 3.88. The molecule has 2 rings (SSSR count). The summed E-state index contributed by atoms with van der Waals surface area (Å²) in [7, 11) is 0. The summed E-state index contributed by atoms with van der Waals surface area (Å²) in [6.07, 6.45) is 0.896. The average molecular weight is 233 g/mol. The van der Waals surface area contributed by atoms with Crippen LogP contribution in [-0.2, 0) is 6.42 Å². The summed E-state index contributed by atoms with van der Waals surface area (Å²) in [5, 5.41) is 0. The first-order valence-corrected chi connectivity index (χ1v) is 5.80. The van der Waals surface area contributed by atoms with Crippen molar-refractivity contribution in [1.29, 1.82) is 0 Å². The molecular formula is C14H13ClO. The smallest absolute Gasteiger partial charge is 0.127 e. The van der Waals surface area contributed by atoms with Gasteiger partial charge in [-0.1, -0.05) is 30.3 Å². The molecule has 0 radical (unpaired) electrons. The maximum Gasteiger partial charge on any atom is 0.127 e. The van der Waals surface area contributed by atoms with Crippen LogP contribution < -0.4 is 4.74 Å². The Labute approximate surface area is 101 Å². The highest BCUT2D eigenvalue weighted by atomic mass is 35.5.